The molecule has 16 N–H and O–H groups in total. The number of carbonyl (C=O) groups is 7. The second kappa shape index (κ2) is 24.9. The Bertz CT molecular complexity index is 2090. The smallest absolute Gasteiger partial charge is 0.245 e. The Morgan fingerprint density at radius 3 is 2.17 bits per heavy atom. The number of unbranched alkanes of at least 4 members (excludes halogenated alkanes) is 1. The molecule has 0 saturated carbocycles. The molecule has 20 nitrogen and oxygen atoms in total. The van der Waals surface area contributed by atoms with Gasteiger partial charge in [0.2, 0.25) is 41.4 Å². The highest BCUT2D eigenvalue weighted by atomic mass is 16.2. The average Bonchev–Trinajstić information content (AvgIpc) is 3.93. The molecule has 0 bridgehead atoms. The average molecular weight is 888 g/mol. The number of fused-ring (bicyclic) bond motifs is 1. The number of hydrogen-bond acceptors (Lipinski definition) is 10. The summed E-state index contributed by atoms with van der Waals surface area (Å²) in [6, 6.07) is 10.3. The van der Waals surface area contributed by atoms with Crippen molar-refractivity contribution in [3.8, 4) is 0 Å². The molecular weight excluding hydrogens is 823 g/mol. The highest BCUT2D eigenvalue weighted by molar-refractivity contribution is 5.97. The first-order valence-corrected chi connectivity index (χ1v) is 21.8. The van der Waals surface area contributed by atoms with Crippen molar-refractivity contribution in [2.45, 2.75) is 108 Å². The quantitative estimate of drug-likeness (QED) is 0.0268. The standard InChI is InChI=1S/C44H65N13O7/c1-26(2)37(38(47)59)56-42(63)35-18-11-21-57(35)43(64)33(16-8-9-19-45)53-36(58)25-52-40(61)34(23-28-24-51-31-15-7-6-14-29(28)31)55-41(62)32(17-10-20-50-44(48)49)54-39(60)30(46)22-27-12-4-3-5-13-27/h3-7,12-15,24,26,30,32-35,37,51H,8-11,16-23,25,45-46H2,1-2H3,(H2,47,59)(H,52,61)(H,53,58)(H,54,60)(H,55,62)(H,56,63)(H4,48,49,50)/t30-,32-,33-,34-,35-,37-/m0/s1. The first kappa shape index (κ1) is 50.1. The van der Waals surface area contributed by atoms with Gasteiger partial charge in [0.1, 0.15) is 30.2 Å². The van der Waals surface area contributed by atoms with Crippen molar-refractivity contribution in [1.82, 2.24) is 36.5 Å². The molecule has 3 aromatic rings. The molecule has 64 heavy (non-hydrogen) atoms. The Kier molecular flexibility index (Phi) is 19.5. The molecule has 1 saturated heterocycles. The topological polar surface area (TPSA) is 341 Å². The molecule has 2 heterocycles. The van der Waals surface area contributed by atoms with E-state index in [0.717, 1.165) is 16.5 Å². The summed E-state index contributed by atoms with van der Waals surface area (Å²) < 4.78 is 0. The molecule has 1 fully saturated rings. The monoisotopic (exact) mass is 888 g/mol. The van der Waals surface area contributed by atoms with E-state index in [0.29, 0.717) is 44.2 Å². The lowest BCUT2D eigenvalue weighted by Crippen LogP contribution is -2.58. The Morgan fingerprint density at radius 2 is 1.48 bits per heavy atom. The first-order valence-electron chi connectivity index (χ1n) is 21.8. The highest BCUT2D eigenvalue weighted by Crippen LogP contribution is 2.22. The van der Waals surface area contributed by atoms with Gasteiger partial charge >= 0.3 is 0 Å². The number of rotatable bonds is 25. The summed E-state index contributed by atoms with van der Waals surface area (Å²) in [4.78, 5) is 103. The summed E-state index contributed by atoms with van der Waals surface area (Å²) >= 11 is 0. The van der Waals surface area contributed by atoms with E-state index >= 15 is 0 Å². The van der Waals surface area contributed by atoms with Crippen LogP contribution in [0.3, 0.4) is 0 Å². The molecule has 1 aliphatic heterocycles. The van der Waals surface area contributed by atoms with E-state index in [-0.39, 0.29) is 50.7 Å². The Balaban J connectivity index is 1.50. The Hall–Kier alpha value is -6.54. The SMILES string of the molecule is CC(C)[C@H](NC(=O)[C@@H]1CCCN1C(=O)[C@H](CCCCN)NC(=O)CNC(=O)[C@H](Cc1c[nH]c2ccccc12)NC(=O)[C@H](CCCN=C(N)N)NC(=O)[C@@H](N)Cc1ccccc1)C(N)=O. The summed E-state index contributed by atoms with van der Waals surface area (Å²) in [5.41, 5.74) is 30.8. The molecule has 20 heteroatoms. The summed E-state index contributed by atoms with van der Waals surface area (Å²) in [6.07, 6.45) is 4.47. The van der Waals surface area contributed by atoms with E-state index in [2.05, 4.69) is 36.6 Å². The molecule has 0 unspecified atom stereocenters. The fraction of sp³-hybridized carbons (Fsp3) is 0.500. The zero-order valence-corrected chi connectivity index (χ0v) is 36.6. The van der Waals surface area contributed by atoms with Crippen LogP contribution in [0.25, 0.3) is 10.9 Å². The number of nitrogens with two attached hydrogens (primary N) is 5. The van der Waals surface area contributed by atoms with Gasteiger partial charge in [-0.15, -0.1) is 0 Å². The van der Waals surface area contributed by atoms with Crippen molar-refractivity contribution >= 4 is 58.2 Å². The lowest BCUT2D eigenvalue weighted by atomic mass is 10.0. The molecule has 6 atom stereocenters. The normalized spacial score (nSPS) is 15.9. The first-order chi connectivity index (χ1) is 30.6. The summed E-state index contributed by atoms with van der Waals surface area (Å²) in [7, 11) is 0. The van der Waals surface area contributed by atoms with Crippen molar-refractivity contribution in [3.63, 3.8) is 0 Å². The fourth-order valence-corrected chi connectivity index (χ4v) is 7.62. The van der Waals surface area contributed by atoms with Crippen molar-refractivity contribution in [1.29, 1.82) is 0 Å². The predicted molar refractivity (Wildman–Crippen MR) is 242 cm³/mol. The van der Waals surface area contributed by atoms with E-state index < -0.39 is 84.1 Å². The van der Waals surface area contributed by atoms with Gasteiger partial charge in [0.05, 0.1) is 12.6 Å². The van der Waals surface area contributed by atoms with Crippen molar-refractivity contribution < 1.29 is 33.6 Å². The lowest BCUT2D eigenvalue weighted by Gasteiger charge is -2.30. The molecule has 1 aliphatic rings. The lowest BCUT2D eigenvalue weighted by molar-refractivity contribution is -0.142. The van der Waals surface area contributed by atoms with Gasteiger partial charge in [-0.1, -0.05) is 62.4 Å². The second-order valence-corrected chi connectivity index (χ2v) is 16.4. The van der Waals surface area contributed by atoms with Crippen LogP contribution in [0.15, 0.2) is 65.8 Å². The van der Waals surface area contributed by atoms with E-state index in [1.807, 2.05) is 54.6 Å². The zero-order valence-electron chi connectivity index (χ0n) is 36.6. The van der Waals surface area contributed by atoms with Crippen LogP contribution in [0.2, 0.25) is 0 Å². The summed E-state index contributed by atoms with van der Waals surface area (Å²) in [5.74, 6) is -4.78. The molecular formula is C44H65N13O7. The molecule has 0 radical (unpaired) electrons. The fourth-order valence-electron chi connectivity index (χ4n) is 7.62. The third kappa shape index (κ3) is 15.1. The minimum atomic E-state index is -1.24. The van der Waals surface area contributed by atoms with Crippen LogP contribution in [0.4, 0.5) is 0 Å². The van der Waals surface area contributed by atoms with Gasteiger partial charge in [-0.2, -0.15) is 0 Å². The number of nitrogens with zero attached hydrogens (tertiary/aromatic N) is 2. The van der Waals surface area contributed by atoms with Crippen LogP contribution in [0.1, 0.15) is 69.9 Å². The van der Waals surface area contributed by atoms with Gasteiger partial charge in [0.25, 0.3) is 0 Å². The maximum atomic E-state index is 14.1. The summed E-state index contributed by atoms with van der Waals surface area (Å²) in [5, 5.41) is 14.3. The van der Waals surface area contributed by atoms with Crippen LogP contribution < -0.4 is 55.3 Å². The van der Waals surface area contributed by atoms with Crippen LogP contribution in [-0.4, -0.2) is 120 Å². The zero-order chi connectivity index (χ0) is 46.8. The molecule has 2 aromatic carbocycles. The van der Waals surface area contributed by atoms with Gasteiger partial charge in [0.15, 0.2) is 5.96 Å². The number of carbonyl (C=O) groups excluding carboxylic acids is 7. The number of para-hydroxylation sites is 1. The van der Waals surface area contributed by atoms with Crippen molar-refractivity contribution in [3.05, 3.63) is 71.9 Å². The second-order valence-electron chi connectivity index (χ2n) is 16.4. The number of nitrogens with one attached hydrogen (secondary N) is 6. The molecule has 0 aliphatic carbocycles. The number of aliphatic imine (C=N–C) groups is 1. The highest BCUT2D eigenvalue weighted by Gasteiger charge is 2.39. The Labute approximate surface area is 373 Å². The number of amides is 7. The molecule has 348 valence electrons. The van der Waals surface area contributed by atoms with Crippen LogP contribution in [0, 0.1) is 5.92 Å². The van der Waals surface area contributed by atoms with Gasteiger partial charge in [-0.05, 0) is 81.0 Å². The van der Waals surface area contributed by atoms with Crippen LogP contribution in [-0.2, 0) is 46.4 Å². The van der Waals surface area contributed by atoms with Gasteiger partial charge in [-0.25, -0.2) is 0 Å². The number of aromatic nitrogens is 1. The predicted octanol–water partition coefficient (Wildman–Crippen LogP) is -1.35. The molecule has 7 amide bonds. The molecule has 1 aromatic heterocycles. The van der Waals surface area contributed by atoms with Crippen molar-refractivity contribution in [2.24, 2.45) is 39.6 Å². The molecule has 4 rings (SSSR count). The number of hydrogen-bond donors (Lipinski definition) is 11. The third-order valence-corrected chi connectivity index (χ3v) is 11.1. The number of benzene rings is 2. The van der Waals surface area contributed by atoms with Crippen molar-refractivity contribution in [2.75, 3.05) is 26.2 Å². The van der Waals surface area contributed by atoms with Gasteiger partial charge in [-0.3, -0.25) is 38.6 Å². The van der Waals surface area contributed by atoms with E-state index in [1.165, 1.54) is 4.90 Å². The maximum absolute atomic E-state index is 14.1. The van der Waals surface area contributed by atoms with E-state index in [1.54, 1.807) is 20.0 Å². The van der Waals surface area contributed by atoms with E-state index in [4.69, 9.17) is 28.7 Å². The van der Waals surface area contributed by atoms with Gasteiger partial charge < -0.3 is 65.1 Å². The van der Waals surface area contributed by atoms with Gasteiger partial charge in [0, 0.05) is 36.6 Å². The maximum Gasteiger partial charge on any atom is 0.245 e. The number of aromatic amines is 1. The minimum Gasteiger partial charge on any atom is -0.370 e. The van der Waals surface area contributed by atoms with Crippen LogP contribution in [0.5, 0.6) is 0 Å². The van der Waals surface area contributed by atoms with E-state index in [9.17, 15) is 33.6 Å². The molecule has 0 spiro atoms. The third-order valence-electron chi connectivity index (χ3n) is 11.1. The number of H-pyrrole nitrogens is 1. The van der Waals surface area contributed by atoms with Crippen LogP contribution >= 0.6 is 0 Å². The largest absolute Gasteiger partial charge is 0.370 e. The number of likely N-dealkylation sites (tertiary alicyclic amines) is 1. The number of guanidine groups is 1. The Morgan fingerprint density at radius 1 is 0.797 bits per heavy atom. The summed E-state index contributed by atoms with van der Waals surface area (Å²) in [6.45, 7) is 3.70. The number of primary amides is 1. The minimum absolute atomic E-state index is 0.00255.